The van der Waals surface area contributed by atoms with Crippen molar-refractivity contribution in [3.05, 3.63) is 71.8 Å². The summed E-state index contributed by atoms with van der Waals surface area (Å²) in [5.74, 6) is -0.513. The van der Waals surface area contributed by atoms with E-state index in [-0.39, 0.29) is 51.0 Å². The molecule has 0 spiro atoms. The van der Waals surface area contributed by atoms with Crippen molar-refractivity contribution in [1.29, 1.82) is 0 Å². The van der Waals surface area contributed by atoms with E-state index in [0.29, 0.717) is 52.4 Å². The van der Waals surface area contributed by atoms with Crippen LogP contribution in [0.25, 0.3) is 0 Å². The number of nitrogens with one attached hydrogen (secondary N) is 1. The van der Waals surface area contributed by atoms with Gasteiger partial charge in [-0.15, -0.1) is 0 Å². The second-order valence-electron chi connectivity index (χ2n) is 11.7. The molecule has 12 nitrogen and oxygen atoms in total. The van der Waals surface area contributed by atoms with Gasteiger partial charge in [0.2, 0.25) is 11.8 Å². The first-order chi connectivity index (χ1) is 22.7. The van der Waals surface area contributed by atoms with Gasteiger partial charge in [-0.05, 0) is 51.2 Å². The maximum Gasteiger partial charge on any atom is 0.434 e. The Morgan fingerprint density at radius 1 is 0.681 bits per heavy atom. The van der Waals surface area contributed by atoms with Gasteiger partial charge in [-0.2, -0.15) is 5.06 Å². The van der Waals surface area contributed by atoms with Crippen LogP contribution in [0, 0.1) is 0 Å². The van der Waals surface area contributed by atoms with Crippen LogP contribution in [0.15, 0.2) is 60.7 Å². The lowest BCUT2D eigenvalue weighted by molar-refractivity contribution is -0.195. The van der Waals surface area contributed by atoms with E-state index in [4.69, 9.17) is 28.6 Å². The van der Waals surface area contributed by atoms with Crippen LogP contribution in [0.1, 0.15) is 64.0 Å². The van der Waals surface area contributed by atoms with E-state index in [0.717, 1.165) is 17.5 Å². The lowest BCUT2D eigenvalue weighted by Crippen LogP contribution is -2.37. The lowest BCUT2D eigenvalue weighted by atomic mass is 10.2. The van der Waals surface area contributed by atoms with Gasteiger partial charge in [-0.25, -0.2) is 9.86 Å². The summed E-state index contributed by atoms with van der Waals surface area (Å²) in [5, 5.41) is 5.40. The summed E-state index contributed by atoms with van der Waals surface area (Å²) in [4.78, 5) is 49.7. The maximum atomic E-state index is 12.9. The first-order valence-electron chi connectivity index (χ1n) is 16.2. The lowest BCUT2D eigenvalue weighted by Gasteiger charge is -2.26. The molecular formula is C35H53N3O9. The molecule has 0 heterocycles. The molecule has 2 aromatic rings. The van der Waals surface area contributed by atoms with Crippen molar-refractivity contribution in [2.45, 2.75) is 71.7 Å². The molecule has 1 N–H and O–H groups in total. The van der Waals surface area contributed by atoms with E-state index in [1.165, 1.54) is 10.1 Å². The predicted molar refractivity (Wildman–Crippen MR) is 177 cm³/mol. The Morgan fingerprint density at radius 3 is 1.85 bits per heavy atom. The highest BCUT2D eigenvalue weighted by Crippen LogP contribution is 2.13. The number of carbonyl (C=O) groups is 3. The van der Waals surface area contributed by atoms with Gasteiger partial charge in [0, 0.05) is 26.5 Å². The van der Waals surface area contributed by atoms with Crippen molar-refractivity contribution in [2.75, 3.05) is 59.8 Å². The molecule has 47 heavy (non-hydrogen) atoms. The molecule has 2 rings (SSSR count). The highest BCUT2D eigenvalue weighted by Gasteiger charge is 2.23. The molecular weight excluding hydrogens is 606 g/mol. The number of hydrogen-bond acceptors (Lipinski definition) is 9. The van der Waals surface area contributed by atoms with Crippen LogP contribution in [0.2, 0.25) is 0 Å². The van der Waals surface area contributed by atoms with Crippen LogP contribution in [0.3, 0.4) is 0 Å². The Balaban J connectivity index is 1.70. The van der Waals surface area contributed by atoms with Crippen molar-refractivity contribution in [3.8, 4) is 0 Å². The van der Waals surface area contributed by atoms with E-state index in [2.05, 4.69) is 5.32 Å². The number of amides is 3. The Bertz CT molecular complexity index is 1130. The number of rotatable bonds is 24. The fourth-order valence-electron chi connectivity index (χ4n) is 4.07. The van der Waals surface area contributed by atoms with Crippen molar-refractivity contribution in [2.24, 2.45) is 0 Å². The van der Waals surface area contributed by atoms with Crippen LogP contribution >= 0.6 is 0 Å². The number of nitrogens with zero attached hydrogens (tertiary/aromatic N) is 2. The highest BCUT2D eigenvalue weighted by molar-refractivity contribution is 5.83. The van der Waals surface area contributed by atoms with Crippen LogP contribution in [-0.2, 0) is 51.4 Å². The topological polar surface area (TPSA) is 125 Å². The van der Waals surface area contributed by atoms with Gasteiger partial charge in [-0.1, -0.05) is 60.7 Å². The maximum absolute atomic E-state index is 12.9. The Morgan fingerprint density at radius 2 is 1.26 bits per heavy atom. The van der Waals surface area contributed by atoms with Gasteiger partial charge in [0.15, 0.2) is 0 Å². The zero-order valence-electron chi connectivity index (χ0n) is 28.4. The van der Waals surface area contributed by atoms with E-state index in [9.17, 15) is 14.4 Å². The Labute approximate surface area is 279 Å². The number of benzene rings is 2. The average molecular weight is 660 g/mol. The highest BCUT2D eigenvalue weighted by atomic mass is 16.7. The molecule has 0 bridgehead atoms. The SMILES string of the molecule is COCCOCCOCCN(OCc1ccccc1)C(=O)CCC(=O)NCCCCCN(OCc1ccccc1)C(=O)OC(C)(C)C. The minimum atomic E-state index is -0.643. The summed E-state index contributed by atoms with van der Waals surface area (Å²) < 4.78 is 21.4. The van der Waals surface area contributed by atoms with Crippen LogP contribution in [0.4, 0.5) is 4.79 Å². The third-order valence-corrected chi connectivity index (χ3v) is 6.50. The normalized spacial score (nSPS) is 11.2. The van der Waals surface area contributed by atoms with Crippen LogP contribution < -0.4 is 5.32 Å². The largest absolute Gasteiger partial charge is 0.442 e. The molecule has 0 aromatic heterocycles. The molecule has 2 aromatic carbocycles. The second kappa shape index (κ2) is 23.7. The number of hydrogen-bond donors (Lipinski definition) is 1. The molecule has 0 unspecified atom stereocenters. The minimum Gasteiger partial charge on any atom is -0.442 e. The molecule has 0 aliphatic rings. The zero-order valence-corrected chi connectivity index (χ0v) is 28.4. The Kier molecular flexibility index (Phi) is 20.0. The van der Waals surface area contributed by atoms with Crippen molar-refractivity contribution >= 4 is 17.9 Å². The van der Waals surface area contributed by atoms with Gasteiger partial charge in [-0.3, -0.25) is 19.3 Å². The summed E-state index contributed by atoms with van der Waals surface area (Å²) in [6, 6.07) is 19.1. The molecule has 0 saturated carbocycles. The number of carbonyl (C=O) groups excluding carboxylic acids is 3. The van der Waals surface area contributed by atoms with Crippen molar-refractivity contribution in [3.63, 3.8) is 0 Å². The standard InChI is InChI=1S/C35H53N3O9/c1-35(2,3)47-34(41)38(46-29-31-16-10-6-11-17-31)21-13-7-12-20-36-32(39)18-19-33(40)37(45-28-30-14-8-5-9-15-30)22-23-43-26-27-44-25-24-42-4/h5-6,8-11,14-17H,7,12-13,18-29H2,1-4H3,(H,36,39). The molecule has 0 fully saturated rings. The summed E-state index contributed by atoms with van der Waals surface area (Å²) >= 11 is 0. The fourth-order valence-corrected chi connectivity index (χ4v) is 4.07. The first kappa shape index (κ1) is 39.6. The monoisotopic (exact) mass is 659 g/mol. The van der Waals surface area contributed by atoms with Crippen LogP contribution in [-0.4, -0.2) is 93.4 Å². The Hall–Kier alpha value is -3.55. The first-order valence-corrected chi connectivity index (χ1v) is 16.2. The fraction of sp³-hybridized carbons (Fsp3) is 0.571. The van der Waals surface area contributed by atoms with Crippen molar-refractivity contribution in [1.82, 2.24) is 15.4 Å². The molecule has 262 valence electrons. The van der Waals surface area contributed by atoms with Crippen LogP contribution in [0.5, 0.6) is 0 Å². The van der Waals surface area contributed by atoms with Gasteiger partial charge in [0.1, 0.15) is 18.8 Å². The number of ether oxygens (including phenoxy) is 4. The van der Waals surface area contributed by atoms with Gasteiger partial charge >= 0.3 is 6.09 Å². The quantitative estimate of drug-likeness (QED) is 0.122. The van der Waals surface area contributed by atoms with Gasteiger partial charge in [0.05, 0.1) is 46.1 Å². The van der Waals surface area contributed by atoms with Crippen molar-refractivity contribution < 1.29 is 43.0 Å². The predicted octanol–water partition coefficient (Wildman–Crippen LogP) is 5.06. The van der Waals surface area contributed by atoms with Gasteiger partial charge < -0.3 is 24.3 Å². The molecule has 12 heteroatoms. The second-order valence-corrected chi connectivity index (χ2v) is 11.7. The zero-order chi connectivity index (χ0) is 34.2. The third kappa shape index (κ3) is 19.7. The van der Waals surface area contributed by atoms with Gasteiger partial charge in [0.25, 0.3) is 0 Å². The van der Waals surface area contributed by atoms with E-state index >= 15 is 0 Å². The summed E-state index contributed by atoms with van der Waals surface area (Å²) in [7, 11) is 1.61. The average Bonchev–Trinajstić information content (AvgIpc) is 3.05. The molecule has 0 saturated heterocycles. The van der Waals surface area contributed by atoms with E-state index in [1.54, 1.807) is 7.11 Å². The molecule has 0 aliphatic heterocycles. The molecule has 0 atom stereocenters. The summed E-state index contributed by atoms with van der Waals surface area (Å²) in [6.45, 7) is 9.02. The number of methoxy groups -OCH3 is 1. The number of hydroxylamine groups is 4. The molecule has 0 aliphatic carbocycles. The minimum absolute atomic E-state index is 0.00432. The molecule has 0 radical (unpaired) electrons. The molecule has 3 amide bonds. The third-order valence-electron chi connectivity index (χ3n) is 6.50. The smallest absolute Gasteiger partial charge is 0.434 e. The van der Waals surface area contributed by atoms with E-state index in [1.807, 2.05) is 81.4 Å². The summed E-state index contributed by atoms with van der Waals surface area (Å²) in [6.07, 6.45) is 1.64. The summed E-state index contributed by atoms with van der Waals surface area (Å²) in [5.41, 5.74) is 1.23. The van der Waals surface area contributed by atoms with E-state index < -0.39 is 11.7 Å². The number of unbranched alkanes of at least 4 members (excludes halogenated alkanes) is 2.